The summed E-state index contributed by atoms with van der Waals surface area (Å²) < 4.78 is 0. The van der Waals surface area contributed by atoms with Gasteiger partial charge in [-0.3, -0.25) is 52.9 Å². The van der Waals surface area contributed by atoms with Gasteiger partial charge in [-0.05, 0) is 80.2 Å². The van der Waals surface area contributed by atoms with E-state index in [1.807, 2.05) is 38.1 Å². The molecule has 1 saturated heterocycles. The Hall–Kier alpha value is -8.59. The second kappa shape index (κ2) is 34.7. The van der Waals surface area contributed by atoms with E-state index in [1.54, 1.807) is 30.5 Å². The molecule has 0 bridgehead atoms. The van der Waals surface area contributed by atoms with Crippen LogP contribution in [0, 0.1) is 17.8 Å². The van der Waals surface area contributed by atoms with Gasteiger partial charge in [0.15, 0.2) is 5.96 Å². The summed E-state index contributed by atoms with van der Waals surface area (Å²) >= 11 is 0. The molecule has 1 aliphatic carbocycles. The number of hydrogen-bond acceptors (Lipinski definition) is 14. The fraction of sp³-hybridized carbons (Fsp3) is 0.557. The van der Waals surface area contributed by atoms with Crippen molar-refractivity contribution < 1.29 is 63.3 Å². The highest BCUT2D eigenvalue weighted by molar-refractivity contribution is 5.98. The number of aliphatic hydroxyl groups is 2. The maximum atomic E-state index is 14.2. The third-order valence-electron chi connectivity index (χ3n) is 15.7. The summed E-state index contributed by atoms with van der Waals surface area (Å²) in [5.74, 6) is -8.13. The summed E-state index contributed by atoms with van der Waals surface area (Å²) in [6.07, 6.45) is 6.55. The molecule has 2 aromatic carbocycles. The number of aromatic amines is 1. The average Bonchev–Trinajstić information content (AvgIpc) is 2.28. The maximum Gasteiger partial charge on any atom is 0.246 e. The molecule has 18 N–H and O–H groups in total. The Bertz CT molecular complexity index is 2940. The minimum Gasteiger partial charge on any atom is -0.508 e. The lowest BCUT2D eigenvalue weighted by atomic mass is 9.84. The minimum atomic E-state index is -1.71. The van der Waals surface area contributed by atoms with E-state index in [9.17, 15) is 63.3 Å². The van der Waals surface area contributed by atoms with Crippen LogP contribution in [-0.4, -0.2) is 171 Å². The molecule has 10 atom stereocenters. The van der Waals surface area contributed by atoms with Crippen LogP contribution in [-0.2, 0) is 60.8 Å². The molecule has 1 aliphatic heterocycles. The van der Waals surface area contributed by atoms with Crippen LogP contribution >= 0.6 is 0 Å². The molecule has 88 heavy (non-hydrogen) atoms. The van der Waals surface area contributed by atoms with Crippen molar-refractivity contribution in [3.8, 4) is 5.75 Å². The van der Waals surface area contributed by atoms with Crippen LogP contribution in [0.5, 0.6) is 5.75 Å². The third kappa shape index (κ3) is 22.3. The monoisotopic (exact) mass is 1230 g/mol. The Morgan fingerprint density at radius 2 is 1.41 bits per heavy atom. The van der Waals surface area contributed by atoms with E-state index in [1.165, 1.54) is 33.0 Å². The van der Waals surface area contributed by atoms with Crippen molar-refractivity contribution in [2.45, 2.75) is 172 Å². The number of carbonyl (C=O) groups excluding carboxylic acids is 10. The number of rotatable bonds is 33. The highest BCUT2D eigenvalue weighted by atomic mass is 16.3. The van der Waals surface area contributed by atoms with Gasteiger partial charge in [-0.25, -0.2) is 0 Å². The molecule has 1 saturated carbocycles. The number of nitrogens with zero attached hydrogens (tertiary/aromatic N) is 2. The fourth-order valence-corrected chi connectivity index (χ4v) is 11.0. The van der Waals surface area contributed by atoms with Crippen LogP contribution in [0.4, 0.5) is 0 Å². The molecule has 2 fully saturated rings. The van der Waals surface area contributed by atoms with E-state index in [0.717, 1.165) is 53.5 Å². The number of aromatic nitrogens is 1. The van der Waals surface area contributed by atoms with Crippen LogP contribution in [0.25, 0.3) is 10.9 Å². The molecule has 0 radical (unpaired) electrons. The largest absolute Gasteiger partial charge is 0.508 e. The van der Waals surface area contributed by atoms with Gasteiger partial charge in [-0.1, -0.05) is 88.4 Å². The van der Waals surface area contributed by atoms with E-state index in [4.69, 9.17) is 17.2 Å². The molecule has 2 aliphatic rings. The molecule has 482 valence electrons. The lowest BCUT2D eigenvalue weighted by Crippen LogP contribution is -2.61. The quantitative estimate of drug-likeness (QED) is 0.0155. The predicted octanol–water partition coefficient (Wildman–Crippen LogP) is -0.700. The molecule has 5 rings (SSSR count). The number of para-hydroxylation sites is 1. The highest BCUT2D eigenvalue weighted by Crippen LogP contribution is 2.28. The maximum absolute atomic E-state index is 14.2. The van der Waals surface area contributed by atoms with Gasteiger partial charge in [0.05, 0.1) is 18.1 Å². The number of nitrogens with two attached hydrogens (primary N) is 3. The van der Waals surface area contributed by atoms with Crippen LogP contribution in [0.2, 0.25) is 0 Å². The van der Waals surface area contributed by atoms with Gasteiger partial charge >= 0.3 is 0 Å². The van der Waals surface area contributed by atoms with Crippen molar-refractivity contribution in [3.63, 3.8) is 0 Å². The van der Waals surface area contributed by atoms with Crippen LogP contribution in [0.15, 0.2) is 71.9 Å². The van der Waals surface area contributed by atoms with Crippen molar-refractivity contribution in [3.05, 3.63) is 78.0 Å². The Labute approximate surface area is 512 Å². The molecule has 27 nitrogen and oxygen atoms in total. The number of phenols is 1. The molecule has 2 heterocycles. The normalized spacial score (nSPS) is 18.2. The Morgan fingerprint density at radius 3 is 2.06 bits per heavy atom. The summed E-state index contributed by atoms with van der Waals surface area (Å²) in [6.45, 7) is 6.17. The molecule has 1 aromatic heterocycles. The number of hydrogen-bond donors (Lipinski definition) is 15. The number of amides is 10. The van der Waals surface area contributed by atoms with E-state index >= 15 is 0 Å². The molecule has 0 unspecified atom stereocenters. The molecular weight excluding hydrogens is 1140 g/mol. The van der Waals surface area contributed by atoms with Crippen molar-refractivity contribution >= 4 is 75.9 Å². The van der Waals surface area contributed by atoms with E-state index in [0.29, 0.717) is 24.9 Å². The number of likely N-dealkylation sites (tertiary alicyclic amines) is 1. The van der Waals surface area contributed by atoms with Crippen molar-refractivity contribution in [2.75, 3.05) is 26.7 Å². The number of aliphatic imine (C=N–C) groups is 1. The zero-order valence-corrected chi connectivity index (χ0v) is 50.9. The SMILES string of the molecule is CN=C(N)NCCC[C@H](NC(=O)[C@@H](/C=C/CNC(=O)[C@H](CC1CCCCC1)NC(=O)[C@@H](NC(=O)[C@H](CCC(N)=O)NC(=O)[C@@H]1C[C@@H](O)CN1C(=O)[C@@H](Cc1ccc(O)cc1)NC(C)=O)[C@@H](C)O)CC(C)C)C(=O)N[C@@H](Cc1c[nH]c2ccccc12)C(N)=O. The van der Waals surface area contributed by atoms with Gasteiger partial charge in [0, 0.05) is 76.4 Å². The number of primary amides is 2. The number of fused-ring (bicyclic) bond motifs is 1. The number of nitrogens with one attached hydrogen (secondary N) is 9. The number of phenolic OH excluding ortho intramolecular Hbond substituents is 1. The standard InChI is InChI=1S/C61H90N14O13/c1-34(2)27-39(54(82)70-45(18-12-26-67-61(64)65-5)56(84)72-47(53(63)81)30-40-32-68-44-17-10-9-16-43(40)44)15-11-25-66-55(83)48(28-37-13-7-6-8-14-37)73-59(87)52(35(3)76)74-57(85)46(23-24-51(62)80)71-58(86)50-31-42(79)33-75(50)60(88)49(69-36(4)77)29-38-19-21-41(78)22-20-38/h9-11,15-17,19-22,32,34-35,37,39,42,45-50,52,68,76,78-79H,6-8,12-14,18,23-31,33H2,1-5H3,(H2,62,80)(H2,63,81)(H,66,83)(H,69,77)(H,70,82)(H,71,86)(H,72,84)(H,73,87)(H,74,85)(H3,64,65,67)/b15-11+/t35-,39+,42-,45+,46+,47+,48+,49-,50+,52+/m1/s1. The average molecular weight is 1230 g/mol. The minimum absolute atomic E-state index is 0.00749. The van der Waals surface area contributed by atoms with E-state index in [-0.39, 0.29) is 75.2 Å². The molecule has 10 amide bonds. The first-order valence-corrected chi connectivity index (χ1v) is 30.1. The van der Waals surface area contributed by atoms with Gasteiger partial charge in [-0.15, -0.1) is 0 Å². The second-order valence-electron chi connectivity index (χ2n) is 23.3. The molecule has 0 spiro atoms. The van der Waals surface area contributed by atoms with Crippen LogP contribution < -0.4 is 59.7 Å². The number of aromatic hydroxyl groups is 1. The number of β-amino-alcohol motifs (C(OH)–C–C–N with tert-alkyl or cyclic N) is 1. The molecular formula is C61H90N14O13. The van der Waals surface area contributed by atoms with E-state index in [2.05, 4.69) is 52.5 Å². The van der Waals surface area contributed by atoms with Gasteiger partial charge in [-0.2, -0.15) is 0 Å². The van der Waals surface area contributed by atoms with Gasteiger partial charge < -0.3 is 84.9 Å². The third-order valence-corrected chi connectivity index (χ3v) is 15.7. The highest BCUT2D eigenvalue weighted by Gasteiger charge is 2.43. The Morgan fingerprint density at radius 1 is 0.750 bits per heavy atom. The number of benzene rings is 2. The van der Waals surface area contributed by atoms with Gasteiger partial charge in [0.2, 0.25) is 59.1 Å². The smallest absolute Gasteiger partial charge is 0.246 e. The molecule has 3 aromatic rings. The summed E-state index contributed by atoms with van der Waals surface area (Å²) in [6, 6.07) is 4.11. The Balaban J connectivity index is 1.28. The van der Waals surface area contributed by atoms with Gasteiger partial charge in [0.25, 0.3) is 0 Å². The zero-order valence-electron chi connectivity index (χ0n) is 50.9. The number of guanidine groups is 1. The first-order valence-electron chi connectivity index (χ1n) is 30.1. The predicted molar refractivity (Wildman–Crippen MR) is 328 cm³/mol. The summed E-state index contributed by atoms with van der Waals surface area (Å²) in [4.78, 5) is 144. The lowest BCUT2D eigenvalue weighted by Gasteiger charge is -2.31. The van der Waals surface area contributed by atoms with Crippen molar-refractivity contribution in [1.29, 1.82) is 0 Å². The topological polar surface area (TPSA) is 437 Å². The van der Waals surface area contributed by atoms with Crippen molar-refractivity contribution in [1.82, 2.24) is 52.4 Å². The first-order chi connectivity index (χ1) is 41.8. The summed E-state index contributed by atoms with van der Waals surface area (Å²) in [5.41, 5.74) is 19.3. The fourth-order valence-electron chi connectivity index (χ4n) is 11.0. The van der Waals surface area contributed by atoms with E-state index < -0.39 is 126 Å². The molecule has 27 heteroatoms. The van der Waals surface area contributed by atoms with Crippen LogP contribution in [0.3, 0.4) is 0 Å². The number of carbonyl (C=O) groups is 10. The first kappa shape index (κ1) is 70.2. The lowest BCUT2D eigenvalue weighted by molar-refractivity contribution is -0.142. The second-order valence-corrected chi connectivity index (χ2v) is 23.3. The van der Waals surface area contributed by atoms with Gasteiger partial charge in [0.1, 0.15) is 48.0 Å². The number of H-pyrrole nitrogens is 1. The Kier molecular flexibility index (Phi) is 27.6. The summed E-state index contributed by atoms with van der Waals surface area (Å²) in [7, 11) is 1.52. The van der Waals surface area contributed by atoms with Crippen LogP contribution in [0.1, 0.15) is 116 Å². The zero-order chi connectivity index (χ0) is 64.6. The summed E-state index contributed by atoms with van der Waals surface area (Å²) in [5, 5.41) is 54.0. The van der Waals surface area contributed by atoms with Crippen molar-refractivity contribution in [2.24, 2.45) is 39.9 Å². The number of aliphatic hydroxyl groups excluding tert-OH is 2.